The Hall–Kier alpha value is -1.42. The number of hydrogen-bond donors (Lipinski definition) is 1. The van der Waals surface area contributed by atoms with Gasteiger partial charge in [-0.05, 0) is 38.0 Å². The van der Waals surface area contributed by atoms with Gasteiger partial charge in [0.25, 0.3) is 5.91 Å². The number of carbonyl (C=O) groups is 1. The molecule has 0 aromatic heterocycles. The number of amides is 1. The fourth-order valence-corrected chi connectivity index (χ4v) is 1.61. The molecule has 0 heterocycles. The van der Waals surface area contributed by atoms with E-state index in [1.165, 1.54) is 0 Å². The summed E-state index contributed by atoms with van der Waals surface area (Å²) in [5.74, 6) is -0.204. The van der Waals surface area contributed by atoms with Gasteiger partial charge in [0.15, 0.2) is 0 Å². The zero-order valence-corrected chi connectivity index (χ0v) is 11.3. The Balaban J connectivity index is 2.58. The van der Waals surface area contributed by atoms with Crippen molar-refractivity contribution in [3.63, 3.8) is 0 Å². The van der Waals surface area contributed by atoms with Crippen LogP contribution in [0.3, 0.4) is 0 Å². The zero-order valence-electron chi connectivity index (χ0n) is 9.74. The van der Waals surface area contributed by atoms with Gasteiger partial charge >= 0.3 is 0 Å². The van der Waals surface area contributed by atoms with Crippen molar-refractivity contribution in [1.29, 1.82) is 0 Å². The number of hydrogen-bond acceptors (Lipinski definition) is 2. The first-order chi connectivity index (χ1) is 8.13. The van der Waals surface area contributed by atoms with E-state index in [0.29, 0.717) is 5.56 Å². The molecule has 0 saturated heterocycles. The molecule has 3 nitrogen and oxygen atoms in total. The van der Waals surface area contributed by atoms with E-state index in [2.05, 4.69) is 33.0 Å². The van der Waals surface area contributed by atoms with E-state index in [4.69, 9.17) is 0 Å². The highest BCUT2D eigenvalue weighted by atomic mass is 79.9. The van der Waals surface area contributed by atoms with Gasteiger partial charge in [-0.2, -0.15) is 5.10 Å². The van der Waals surface area contributed by atoms with Crippen molar-refractivity contribution in [3.8, 4) is 0 Å². The average Bonchev–Trinajstić information content (AvgIpc) is 2.33. The topological polar surface area (TPSA) is 41.5 Å². The summed E-state index contributed by atoms with van der Waals surface area (Å²) in [6.07, 6.45) is 3.50. The van der Waals surface area contributed by atoms with Crippen LogP contribution in [0.4, 0.5) is 0 Å². The fraction of sp³-hybridized carbons (Fsp3) is 0.231. The molecule has 0 fully saturated rings. The summed E-state index contributed by atoms with van der Waals surface area (Å²) in [5, 5.41) is 4.02. The summed E-state index contributed by atoms with van der Waals surface area (Å²) in [5.41, 5.74) is 3.99. The molecule has 0 radical (unpaired) electrons. The minimum absolute atomic E-state index is 0.204. The summed E-state index contributed by atoms with van der Waals surface area (Å²) in [6, 6.07) is 7.18. The number of nitrogens with zero attached hydrogens (tertiary/aromatic N) is 1. The van der Waals surface area contributed by atoms with Gasteiger partial charge in [-0.15, -0.1) is 6.58 Å². The van der Waals surface area contributed by atoms with Gasteiger partial charge in [-0.1, -0.05) is 28.1 Å². The average molecular weight is 295 g/mol. The number of carbonyl (C=O) groups excluding carboxylic acids is 1. The van der Waals surface area contributed by atoms with E-state index < -0.39 is 0 Å². The molecule has 90 valence electrons. The number of halogens is 1. The molecule has 0 aliphatic carbocycles. The Bertz CT molecular complexity index is 441. The largest absolute Gasteiger partial charge is 0.271 e. The maximum absolute atomic E-state index is 11.7. The molecule has 0 unspecified atom stereocenters. The molecular weight excluding hydrogens is 280 g/mol. The maximum Gasteiger partial charge on any atom is 0.271 e. The lowest BCUT2D eigenvalue weighted by Gasteiger charge is -2.02. The number of nitrogens with one attached hydrogen (secondary N) is 1. The van der Waals surface area contributed by atoms with Crippen molar-refractivity contribution < 1.29 is 4.79 Å². The van der Waals surface area contributed by atoms with Gasteiger partial charge in [0.1, 0.15) is 0 Å². The fourth-order valence-electron chi connectivity index (χ4n) is 1.21. The van der Waals surface area contributed by atoms with Crippen LogP contribution in [0.2, 0.25) is 0 Å². The first-order valence-electron chi connectivity index (χ1n) is 5.33. The van der Waals surface area contributed by atoms with E-state index in [0.717, 1.165) is 23.0 Å². The van der Waals surface area contributed by atoms with Crippen LogP contribution >= 0.6 is 15.9 Å². The minimum Gasteiger partial charge on any atom is -0.267 e. The predicted molar refractivity (Wildman–Crippen MR) is 74.1 cm³/mol. The Labute approximate surface area is 110 Å². The lowest BCUT2D eigenvalue weighted by molar-refractivity contribution is 0.0954. The van der Waals surface area contributed by atoms with Crippen molar-refractivity contribution in [3.05, 3.63) is 47.0 Å². The van der Waals surface area contributed by atoms with Crippen LogP contribution in [-0.4, -0.2) is 11.6 Å². The lowest BCUT2D eigenvalue weighted by Crippen LogP contribution is -2.18. The maximum atomic E-state index is 11.7. The molecule has 17 heavy (non-hydrogen) atoms. The molecule has 1 amide bonds. The summed E-state index contributed by atoms with van der Waals surface area (Å²) >= 11 is 3.32. The molecule has 0 aliphatic rings. The summed E-state index contributed by atoms with van der Waals surface area (Å²) in [7, 11) is 0. The SMILES string of the molecule is C=CCC/C(C)=N/NC(=O)c1cccc(Br)c1. The van der Waals surface area contributed by atoms with E-state index in [-0.39, 0.29) is 5.91 Å². The Kier molecular flexibility index (Phi) is 5.63. The third-order valence-corrected chi connectivity index (χ3v) is 2.64. The molecule has 0 spiro atoms. The third kappa shape index (κ3) is 4.95. The van der Waals surface area contributed by atoms with Crippen LogP contribution < -0.4 is 5.43 Å². The van der Waals surface area contributed by atoms with Gasteiger partial charge in [-0.25, -0.2) is 5.43 Å². The van der Waals surface area contributed by atoms with Crippen LogP contribution in [0, 0.1) is 0 Å². The van der Waals surface area contributed by atoms with E-state index in [1.807, 2.05) is 25.1 Å². The quantitative estimate of drug-likeness (QED) is 0.504. The lowest BCUT2D eigenvalue weighted by atomic mass is 10.2. The van der Waals surface area contributed by atoms with Gasteiger partial charge in [0.05, 0.1) is 0 Å². The smallest absolute Gasteiger partial charge is 0.267 e. The highest BCUT2D eigenvalue weighted by Gasteiger charge is 2.04. The van der Waals surface area contributed by atoms with Gasteiger partial charge in [0.2, 0.25) is 0 Å². The predicted octanol–water partition coefficient (Wildman–Crippen LogP) is 3.52. The number of allylic oxidation sites excluding steroid dienone is 1. The van der Waals surface area contributed by atoms with E-state index in [1.54, 1.807) is 12.1 Å². The molecule has 4 heteroatoms. The van der Waals surface area contributed by atoms with Crippen LogP contribution in [0.25, 0.3) is 0 Å². The summed E-state index contributed by atoms with van der Waals surface area (Å²) < 4.78 is 0.873. The molecule has 0 bridgehead atoms. The second kappa shape index (κ2) is 7.01. The van der Waals surface area contributed by atoms with Crippen molar-refractivity contribution in [2.45, 2.75) is 19.8 Å². The van der Waals surface area contributed by atoms with Crippen molar-refractivity contribution in [1.82, 2.24) is 5.43 Å². The molecule has 0 aliphatic heterocycles. The Morgan fingerprint density at radius 3 is 3.00 bits per heavy atom. The summed E-state index contributed by atoms with van der Waals surface area (Å²) in [6.45, 7) is 5.52. The Morgan fingerprint density at radius 1 is 1.59 bits per heavy atom. The van der Waals surface area contributed by atoms with Crippen LogP contribution in [0.1, 0.15) is 30.1 Å². The Morgan fingerprint density at radius 2 is 2.35 bits per heavy atom. The minimum atomic E-state index is -0.204. The monoisotopic (exact) mass is 294 g/mol. The van der Waals surface area contributed by atoms with Gasteiger partial charge in [0, 0.05) is 15.7 Å². The van der Waals surface area contributed by atoms with Gasteiger partial charge in [-0.3, -0.25) is 4.79 Å². The van der Waals surface area contributed by atoms with Crippen molar-refractivity contribution >= 4 is 27.5 Å². The number of rotatable bonds is 5. The number of hydrazone groups is 1. The van der Waals surface area contributed by atoms with Crippen LogP contribution in [-0.2, 0) is 0 Å². The summed E-state index contributed by atoms with van der Waals surface area (Å²) in [4.78, 5) is 11.7. The number of benzene rings is 1. The van der Waals surface area contributed by atoms with Crippen LogP contribution in [0.5, 0.6) is 0 Å². The molecule has 1 aromatic carbocycles. The molecule has 1 rings (SSSR count). The highest BCUT2D eigenvalue weighted by molar-refractivity contribution is 9.10. The first-order valence-corrected chi connectivity index (χ1v) is 6.12. The van der Waals surface area contributed by atoms with E-state index >= 15 is 0 Å². The third-order valence-electron chi connectivity index (χ3n) is 2.15. The standard InChI is InChI=1S/C13H15BrN2O/c1-3-4-6-10(2)15-16-13(17)11-7-5-8-12(14)9-11/h3,5,7-9H,1,4,6H2,2H3,(H,16,17)/b15-10+. The van der Waals surface area contributed by atoms with Crippen molar-refractivity contribution in [2.75, 3.05) is 0 Å². The normalized spacial score (nSPS) is 11.1. The van der Waals surface area contributed by atoms with Gasteiger partial charge < -0.3 is 0 Å². The first kappa shape index (κ1) is 13.6. The van der Waals surface area contributed by atoms with Crippen LogP contribution in [0.15, 0.2) is 46.5 Å². The second-order valence-electron chi connectivity index (χ2n) is 3.63. The van der Waals surface area contributed by atoms with E-state index in [9.17, 15) is 4.79 Å². The second-order valence-corrected chi connectivity index (χ2v) is 4.54. The van der Waals surface area contributed by atoms with Crippen molar-refractivity contribution in [2.24, 2.45) is 5.10 Å². The molecule has 1 aromatic rings. The molecular formula is C13H15BrN2O. The molecule has 0 atom stereocenters. The molecule has 1 N–H and O–H groups in total. The zero-order chi connectivity index (χ0) is 12.7. The highest BCUT2D eigenvalue weighted by Crippen LogP contribution is 2.11. The molecule has 0 saturated carbocycles.